The summed E-state index contributed by atoms with van der Waals surface area (Å²) < 4.78 is 1.86. The molecule has 3 nitrogen and oxygen atoms in total. The molecule has 1 aliphatic carbocycles. The zero-order valence-electron chi connectivity index (χ0n) is 10.2. The van der Waals surface area contributed by atoms with Gasteiger partial charge in [-0.25, -0.2) is 0 Å². The normalized spacial score (nSPS) is 18.2. The van der Waals surface area contributed by atoms with E-state index in [-0.39, 0.29) is 11.4 Å². The predicted molar refractivity (Wildman–Crippen MR) is 84.5 cm³/mol. The molecule has 1 aliphatic rings. The van der Waals surface area contributed by atoms with Crippen LogP contribution in [0.15, 0.2) is 22.7 Å². The molecule has 1 saturated carbocycles. The zero-order chi connectivity index (χ0) is 13.3. The molecule has 98 valence electrons. The summed E-state index contributed by atoms with van der Waals surface area (Å²) in [6, 6.07) is 5.71. The van der Waals surface area contributed by atoms with Gasteiger partial charge in [-0.1, -0.05) is 15.9 Å². The molecule has 1 unspecified atom stereocenters. The molecule has 1 aromatic rings. The van der Waals surface area contributed by atoms with Crippen LogP contribution in [-0.2, 0) is 0 Å². The second-order valence-electron chi connectivity index (χ2n) is 4.97. The lowest BCUT2D eigenvalue weighted by Gasteiger charge is -2.29. The average molecular weight is 423 g/mol. The number of nitrogens with two attached hydrogens (primary N) is 1. The molecule has 0 heterocycles. The molecule has 1 amide bonds. The minimum Gasteiger partial charge on any atom is -0.345 e. The molecule has 1 aromatic carbocycles. The summed E-state index contributed by atoms with van der Waals surface area (Å²) in [5, 5.41) is 3.10. The Hall–Kier alpha value is -0.140. The van der Waals surface area contributed by atoms with Gasteiger partial charge < -0.3 is 11.1 Å². The highest BCUT2D eigenvalue weighted by Crippen LogP contribution is 2.39. The van der Waals surface area contributed by atoms with Crippen LogP contribution in [0.2, 0.25) is 0 Å². The number of carbonyl (C=O) groups excluding carboxylic acids is 1. The predicted octanol–water partition coefficient (Wildman–Crippen LogP) is 2.91. The summed E-state index contributed by atoms with van der Waals surface area (Å²) in [7, 11) is 0. The fourth-order valence-corrected chi connectivity index (χ4v) is 2.98. The Balaban J connectivity index is 2.18. The van der Waals surface area contributed by atoms with Crippen LogP contribution in [0.3, 0.4) is 0 Å². The fourth-order valence-electron chi connectivity index (χ4n) is 2.04. The third kappa shape index (κ3) is 3.05. The second kappa shape index (κ2) is 5.46. The first-order chi connectivity index (χ1) is 8.46. The summed E-state index contributed by atoms with van der Waals surface area (Å²) in [4.78, 5) is 12.3. The Bertz CT molecular complexity index is 476. The van der Waals surface area contributed by atoms with Crippen LogP contribution in [0, 0.1) is 9.49 Å². The number of rotatable bonds is 4. The molecule has 0 aliphatic heterocycles. The lowest BCUT2D eigenvalue weighted by molar-refractivity contribution is 0.0897. The minimum atomic E-state index is -0.275. The van der Waals surface area contributed by atoms with Crippen LogP contribution < -0.4 is 11.1 Å². The van der Waals surface area contributed by atoms with Crippen molar-refractivity contribution in [1.82, 2.24) is 5.32 Å². The van der Waals surface area contributed by atoms with Gasteiger partial charge in [-0.2, -0.15) is 0 Å². The lowest BCUT2D eigenvalue weighted by atomic mass is 9.95. The van der Waals surface area contributed by atoms with Crippen LogP contribution in [0.1, 0.15) is 30.1 Å². The Labute approximate surface area is 129 Å². The zero-order valence-corrected chi connectivity index (χ0v) is 13.9. The average Bonchev–Trinajstić information content (AvgIpc) is 3.16. The van der Waals surface area contributed by atoms with Crippen molar-refractivity contribution in [3.8, 4) is 0 Å². The van der Waals surface area contributed by atoms with E-state index in [1.807, 2.05) is 25.1 Å². The Morgan fingerprint density at radius 3 is 2.83 bits per heavy atom. The van der Waals surface area contributed by atoms with Crippen molar-refractivity contribution < 1.29 is 4.79 Å². The highest BCUT2D eigenvalue weighted by molar-refractivity contribution is 14.1. The number of nitrogens with one attached hydrogen (secondary N) is 1. The van der Waals surface area contributed by atoms with Gasteiger partial charge >= 0.3 is 0 Å². The van der Waals surface area contributed by atoms with E-state index in [2.05, 4.69) is 43.8 Å². The maximum Gasteiger partial charge on any atom is 0.252 e. The third-order valence-electron chi connectivity index (χ3n) is 3.47. The summed E-state index contributed by atoms with van der Waals surface area (Å²) >= 11 is 5.57. The SMILES string of the molecule is CC(CN)(NC(=O)c1cc(Br)ccc1I)C1CC1. The van der Waals surface area contributed by atoms with Crippen molar-refractivity contribution in [3.63, 3.8) is 0 Å². The molecule has 0 radical (unpaired) electrons. The molecule has 5 heteroatoms. The first kappa shape index (κ1) is 14.3. The van der Waals surface area contributed by atoms with Gasteiger partial charge in [0.05, 0.1) is 11.1 Å². The van der Waals surface area contributed by atoms with E-state index in [0.29, 0.717) is 18.0 Å². The van der Waals surface area contributed by atoms with Gasteiger partial charge in [0.15, 0.2) is 0 Å². The van der Waals surface area contributed by atoms with E-state index in [4.69, 9.17) is 5.73 Å². The molecule has 2 rings (SSSR count). The lowest BCUT2D eigenvalue weighted by Crippen LogP contribution is -2.53. The van der Waals surface area contributed by atoms with Gasteiger partial charge in [-0.15, -0.1) is 0 Å². The van der Waals surface area contributed by atoms with E-state index < -0.39 is 0 Å². The Morgan fingerprint density at radius 2 is 2.28 bits per heavy atom. The maximum atomic E-state index is 12.3. The highest BCUT2D eigenvalue weighted by Gasteiger charge is 2.41. The molecule has 3 N–H and O–H groups in total. The van der Waals surface area contributed by atoms with Crippen molar-refractivity contribution in [1.29, 1.82) is 0 Å². The van der Waals surface area contributed by atoms with Gasteiger partial charge in [0.2, 0.25) is 0 Å². The minimum absolute atomic E-state index is 0.0412. The van der Waals surface area contributed by atoms with E-state index in [9.17, 15) is 4.79 Å². The van der Waals surface area contributed by atoms with Crippen molar-refractivity contribution in [2.45, 2.75) is 25.3 Å². The summed E-state index contributed by atoms with van der Waals surface area (Å²) in [6.07, 6.45) is 2.31. The molecule has 0 saturated heterocycles. The number of benzene rings is 1. The van der Waals surface area contributed by atoms with Crippen molar-refractivity contribution in [3.05, 3.63) is 31.8 Å². The molecule has 0 aromatic heterocycles. The summed E-state index contributed by atoms with van der Waals surface area (Å²) in [5.41, 5.74) is 6.24. The molecule has 0 spiro atoms. The maximum absolute atomic E-state index is 12.3. The Kier molecular flexibility index (Phi) is 4.33. The van der Waals surface area contributed by atoms with Crippen molar-refractivity contribution in [2.24, 2.45) is 11.7 Å². The molecule has 0 bridgehead atoms. The quantitative estimate of drug-likeness (QED) is 0.733. The summed E-state index contributed by atoms with van der Waals surface area (Å²) in [5.74, 6) is 0.483. The van der Waals surface area contributed by atoms with Crippen molar-refractivity contribution >= 4 is 44.4 Å². The number of hydrogen-bond donors (Lipinski definition) is 2. The van der Waals surface area contributed by atoms with Gasteiger partial charge in [-0.05, 0) is 66.5 Å². The van der Waals surface area contributed by atoms with Gasteiger partial charge in [0.1, 0.15) is 0 Å². The molecular weight excluding hydrogens is 407 g/mol. The van der Waals surface area contributed by atoms with Crippen LogP contribution in [0.4, 0.5) is 0 Å². The third-order valence-corrected chi connectivity index (χ3v) is 4.91. The first-order valence-corrected chi connectivity index (χ1v) is 7.81. The number of carbonyl (C=O) groups is 1. The molecule has 1 atom stereocenters. The molecule has 18 heavy (non-hydrogen) atoms. The Morgan fingerprint density at radius 1 is 1.61 bits per heavy atom. The van der Waals surface area contributed by atoms with Crippen LogP contribution in [-0.4, -0.2) is 18.0 Å². The van der Waals surface area contributed by atoms with Gasteiger partial charge in [0, 0.05) is 14.6 Å². The van der Waals surface area contributed by atoms with Gasteiger partial charge in [0.25, 0.3) is 5.91 Å². The highest BCUT2D eigenvalue weighted by atomic mass is 127. The molecule has 1 fully saturated rings. The number of hydrogen-bond acceptors (Lipinski definition) is 2. The van der Waals surface area contributed by atoms with Crippen LogP contribution in [0.25, 0.3) is 0 Å². The summed E-state index contributed by atoms with van der Waals surface area (Å²) in [6.45, 7) is 2.52. The number of halogens is 2. The topological polar surface area (TPSA) is 55.1 Å². The second-order valence-corrected chi connectivity index (χ2v) is 7.05. The van der Waals surface area contributed by atoms with E-state index in [1.165, 1.54) is 0 Å². The van der Waals surface area contributed by atoms with E-state index >= 15 is 0 Å². The fraction of sp³-hybridized carbons (Fsp3) is 0.462. The molecular formula is C13H16BrIN2O. The standard InChI is InChI=1S/C13H16BrIN2O/c1-13(7-16,8-2-3-8)17-12(18)10-6-9(14)4-5-11(10)15/h4-6,8H,2-3,7,16H2,1H3,(H,17,18). The largest absolute Gasteiger partial charge is 0.345 e. The van der Waals surface area contributed by atoms with E-state index in [0.717, 1.165) is 20.9 Å². The van der Waals surface area contributed by atoms with E-state index in [1.54, 1.807) is 0 Å². The van der Waals surface area contributed by atoms with Crippen LogP contribution >= 0.6 is 38.5 Å². The smallest absolute Gasteiger partial charge is 0.252 e. The first-order valence-electron chi connectivity index (χ1n) is 5.94. The van der Waals surface area contributed by atoms with Gasteiger partial charge in [-0.3, -0.25) is 4.79 Å². The monoisotopic (exact) mass is 422 g/mol. The number of amides is 1. The van der Waals surface area contributed by atoms with Crippen molar-refractivity contribution in [2.75, 3.05) is 6.54 Å². The van der Waals surface area contributed by atoms with Crippen LogP contribution in [0.5, 0.6) is 0 Å².